The van der Waals surface area contributed by atoms with Crippen LogP contribution < -0.4 is 0 Å². The molecule has 6 fully saturated rings. The van der Waals surface area contributed by atoms with Crippen molar-refractivity contribution in [3.63, 3.8) is 0 Å². The second-order valence-electron chi connectivity index (χ2n) is 11.1. The van der Waals surface area contributed by atoms with Crippen LogP contribution in [0.25, 0.3) is 0 Å². The number of fused-ring (bicyclic) bond motifs is 2. The Balaban J connectivity index is 1.63. The molecule has 13 atom stereocenters. The zero-order valence-corrected chi connectivity index (χ0v) is 18.5. The van der Waals surface area contributed by atoms with Gasteiger partial charge in [0, 0.05) is 69.4 Å². The molecule has 0 amide bonds. The van der Waals surface area contributed by atoms with Gasteiger partial charge in [-0.15, -0.1) is 0 Å². The Morgan fingerprint density at radius 2 is 1.77 bits per heavy atom. The van der Waals surface area contributed by atoms with Gasteiger partial charge in [-0.3, -0.25) is 4.90 Å². The molecule has 6 rings (SSSR count). The summed E-state index contributed by atoms with van der Waals surface area (Å²) in [5, 5.41) is 36.2. The van der Waals surface area contributed by atoms with Crippen molar-refractivity contribution < 1.29 is 29.5 Å². The van der Waals surface area contributed by atoms with Crippen molar-refractivity contribution in [2.24, 2.45) is 35.0 Å². The molecule has 0 aromatic carbocycles. The van der Waals surface area contributed by atoms with Crippen molar-refractivity contribution in [1.29, 1.82) is 0 Å². The maximum atomic E-state index is 12.5. The Hall–Kier alpha value is -0.280. The molecule has 0 radical (unpaired) electrons. The first-order valence-corrected chi connectivity index (χ1v) is 11.8. The number of hydrogen-bond acceptors (Lipinski definition) is 7. The average molecular weight is 424 g/mol. The summed E-state index contributed by atoms with van der Waals surface area (Å²) in [6.45, 7) is 3.52. The molecule has 5 aliphatic carbocycles. The average Bonchev–Trinajstić information content (AvgIpc) is 3.19. The molecule has 1 spiro atoms. The van der Waals surface area contributed by atoms with Crippen LogP contribution in [0.1, 0.15) is 32.6 Å². The third-order valence-corrected chi connectivity index (χ3v) is 10.7. The fraction of sp³-hybridized carbons (Fsp3) is 1.00. The molecule has 3 unspecified atom stereocenters. The highest BCUT2D eigenvalue weighted by Crippen LogP contribution is 2.77. The fourth-order valence-corrected chi connectivity index (χ4v) is 10.3. The summed E-state index contributed by atoms with van der Waals surface area (Å²) < 4.78 is 18.1. The van der Waals surface area contributed by atoms with E-state index in [-0.39, 0.29) is 53.9 Å². The number of aliphatic hydroxyl groups excluding tert-OH is 1. The van der Waals surface area contributed by atoms with E-state index in [1.54, 1.807) is 21.3 Å². The Morgan fingerprint density at radius 3 is 2.40 bits per heavy atom. The fourth-order valence-electron chi connectivity index (χ4n) is 10.3. The number of nitrogens with zero attached hydrogens (tertiary/aromatic N) is 1. The van der Waals surface area contributed by atoms with Gasteiger partial charge in [-0.2, -0.15) is 0 Å². The number of ether oxygens (including phenoxy) is 3. The van der Waals surface area contributed by atoms with Crippen LogP contribution in [-0.4, -0.2) is 96.3 Å². The normalized spacial score (nSPS) is 63.3. The molecule has 3 N–H and O–H groups in total. The Labute approximate surface area is 178 Å². The molecular weight excluding hydrogens is 386 g/mol. The quantitative estimate of drug-likeness (QED) is 0.597. The van der Waals surface area contributed by atoms with Crippen LogP contribution >= 0.6 is 0 Å². The third-order valence-electron chi connectivity index (χ3n) is 10.7. The molecule has 1 heterocycles. The molecule has 0 aromatic rings. The molecule has 170 valence electrons. The van der Waals surface area contributed by atoms with E-state index in [1.807, 2.05) is 0 Å². The number of hydrogen-bond donors (Lipinski definition) is 3. The Kier molecular flexibility index (Phi) is 4.19. The van der Waals surface area contributed by atoms with Gasteiger partial charge in [-0.1, -0.05) is 6.92 Å². The number of likely N-dealkylation sites (tertiary alicyclic amines) is 1. The maximum Gasteiger partial charge on any atom is 0.0835 e. The summed E-state index contributed by atoms with van der Waals surface area (Å²) in [6.07, 6.45) is 1.70. The monoisotopic (exact) mass is 423 g/mol. The number of likely N-dealkylation sites (N-methyl/N-ethyl adjacent to an activating group) is 1. The minimum absolute atomic E-state index is 0.00568. The second-order valence-corrected chi connectivity index (χ2v) is 11.1. The molecule has 7 heteroatoms. The van der Waals surface area contributed by atoms with Gasteiger partial charge in [0.2, 0.25) is 0 Å². The molecule has 7 bridgehead atoms. The first-order valence-electron chi connectivity index (χ1n) is 11.8. The lowest BCUT2D eigenvalue weighted by molar-refractivity contribution is -0.281. The molecule has 30 heavy (non-hydrogen) atoms. The van der Waals surface area contributed by atoms with Crippen molar-refractivity contribution >= 4 is 0 Å². The highest BCUT2D eigenvalue weighted by molar-refractivity contribution is 5.36. The molecule has 7 nitrogen and oxygen atoms in total. The van der Waals surface area contributed by atoms with Gasteiger partial charge in [0.15, 0.2) is 0 Å². The summed E-state index contributed by atoms with van der Waals surface area (Å²) >= 11 is 0. The van der Waals surface area contributed by atoms with Crippen LogP contribution in [0.15, 0.2) is 0 Å². The van der Waals surface area contributed by atoms with E-state index in [1.165, 1.54) is 0 Å². The van der Waals surface area contributed by atoms with Gasteiger partial charge < -0.3 is 29.5 Å². The molecule has 1 saturated heterocycles. The first kappa shape index (κ1) is 20.3. The van der Waals surface area contributed by atoms with E-state index in [0.717, 1.165) is 13.0 Å². The van der Waals surface area contributed by atoms with Crippen molar-refractivity contribution in [2.45, 2.75) is 74.3 Å². The van der Waals surface area contributed by atoms with Crippen molar-refractivity contribution in [2.75, 3.05) is 34.4 Å². The summed E-state index contributed by atoms with van der Waals surface area (Å²) in [6, 6.07) is 0.00568. The van der Waals surface area contributed by atoms with Crippen LogP contribution in [-0.2, 0) is 14.2 Å². The highest BCUT2D eigenvalue weighted by atomic mass is 16.5. The van der Waals surface area contributed by atoms with Gasteiger partial charge in [0.05, 0.1) is 35.6 Å². The van der Waals surface area contributed by atoms with Crippen molar-refractivity contribution in [3.05, 3.63) is 0 Å². The number of methoxy groups -OCH3 is 3. The molecule has 0 aromatic heterocycles. The highest BCUT2D eigenvalue weighted by Gasteiger charge is 2.86. The molecule has 6 aliphatic rings. The predicted molar refractivity (Wildman–Crippen MR) is 108 cm³/mol. The summed E-state index contributed by atoms with van der Waals surface area (Å²) in [5.41, 5.74) is -2.36. The van der Waals surface area contributed by atoms with Gasteiger partial charge >= 0.3 is 0 Å². The van der Waals surface area contributed by atoms with Crippen molar-refractivity contribution in [1.82, 2.24) is 4.90 Å². The van der Waals surface area contributed by atoms with E-state index in [4.69, 9.17) is 14.2 Å². The van der Waals surface area contributed by atoms with Crippen LogP contribution in [0.2, 0.25) is 0 Å². The lowest BCUT2D eigenvalue weighted by Crippen LogP contribution is -2.77. The number of β-amino-alcohol motifs (C(OH)–C–C–N with tert-alkyl or cyclic N) is 1. The lowest BCUT2D eigenvalue weighted by atomic mass is 9.45. The third kappa shape index (κ3) is 1.91. The summed E-state index contributed by atoms with van der Waals surface area (Å²) in [5.74, 6) is -0.0990. The predicted octanol–water partition coefficient (Wildman–Crippen LogP) is 0.254. The zero-order valence-electron chi connectivity index (χ0n) is 18.5. The van der Waals surface area contributed by atoms with Gasteiger partial charge in [-0.05, 0) is 31.7 Å². The zero-order chi connectivity index (χ0) is 21.2. The van der Waals surface area contributed by atoms with Gasteiger partial charge in [0.1, 0.15) is 0 Å². The van der Waals surface area contributed by atoms with E-state index in [9.17, 15) is 15.3 Å². The minimum Gasteiger partial charge on any atom is -0.392 e. The van der Waals surface area contributed by atoms with Crippen LogP contribution in [0.4, 0.5) is 0 Å². The van der Waals surface area contributed by atoms with E-state index in [2.05, 4.69) is 11.8 Å². The minimum atomic E-state index is -0.995. The number of rotatable bonds is 4. The number of aliphatic hydroxyl groups is 3. The molecule has 1 aliphatic heterocycles. The largest absolute Gasteiger partial charge is 0.392 e. The summed E-state index contributed by atoms with van der Waals surface area (Å²) in [7, 11) is 5.19. The van der Waals surface area contributed by atoms with Gasteiger partial charge in [0.25, 0.3) is 0 Å². The summed E-state index contributed by atoms with van der Waals surface area (Å²) in [4.78, 5) is 2.35. The smallest absolute Gasteiger partial charge is 0.0835 e. The van der Waals surface area contributed by atoms with Crippen molar-refractivity contribution in [3.8, 4) is 0 Å². The SMILES string of the molecule is CCN1C[C@]2(O)CC[C@H](O)[C@@]34C5C[C@H]6[C@@H](OC)C[C@@](O)(C5[C@H]6OC)[C@@H]([C@H]13)[C@@H](OC)C24. The van der Waals surface area contributed by atoms with Crippen LogP contribution in [0.5, 0.6) is 0 Å². The second kappa shape index (κ2) is 6.19. The topological polar surface area (TPSA) is 91.6 Å². The van der Waals surface area contributed by atoms with Crippen LogP contribution in [0, 0.1) is 35.0 Å². The number of piperidine rings is 1. The molecule has 5 saturated carbocycles. The van der Waals surface area contributed by atoms with E-state index < -0.39 is 22.7 Å². The van der Waals surface area contributed by atoms with E-state index >= 15 is 0 Å². The lowest BCUT2D eigenvalue weighted by Gasteiger charge is -2.67. The molecular formula is C23H37NO6. The Morgan fingerprint density at radius 1 is 1.03 bits per heavy atom. The maximum absolute atomic E-state index is 12.5. The van der Waals surface area contributed by atoms with Crippen LogP contribution in [0.3, 0.4) is 0 Å². The Bertz CT molecular complexity index is 736. The first-order chi connectivity index (χ1) is 14.3. The van der Waals surface area contributed by atoms with Gasteiger partial charge in [-0.25, -0.2) is 0 Å². The van der Waals surface area contributed by atoms with E-state index in [0.29, 0.717) is 25.8 Å². The standard InChI is InChI=1S/C23H37NO6/c1-5-24-10-21(26)7-6-14(25)23-12-8-11-13(28-2)9-22(27,15(12)17(11)29-3)16(20(23)24)18(30-4)19(21)23/h11-20,25-27H,5-10H2,1-4H3/t11-,12?,13-,14-,15?,16+,17-,18+,19?,20-,21+,22+,23+/m0/s1.